The molecule has 1 saturated heterocycles. The summed E-state index contributed by atoms with van der Waals surface area (Å²) in [5.41, 5.74) is 0. The normalized spacial score (nSPS) is 26.4. The van der Waals surface area contributed by atoms with E-state index in [4.69, 9.17) is 9.47 Å². The van der Waals surface area contributed by atoms with Crippen LogP contribution in [0.1, 0.15) is 38.1 Å². The van der Waals surface area contributed by atoms with E-state index in [1.54, 1.807) is 0 Å². The molecular formula is C12H18N2O2. The maximum Gasteiger partial charge on any atom is 0.157 e. The van der Waals surface area contributed by atoms with Crippen LogP contribution < -0.4 is 4.74 Å². The molecule has 4 nitrogen and oxygen atoms in total. The maximum atomic E-state index is 5.81. The third-order valence-corrected chi connectivity index (χ3v) is 3.47. The summed E-state index contributed by atoms with van der Waals surface area (Å²) in [7, 11) is 0. The van der Waals surface area contributed by atoms with Gasteiger partial charge in [0, 0.05) is 6.42 Å². The highest BCUT2D eigenvalue weighted by molar-refractivity contribution is 5.13. The number of nitrogens with zero attached hydrogens (tertiary/aromatic N) is 2. The summed E-state index contributed by atoms with van der Waals surface area (Å²) in [6, 6.07) is 0.595. The smallest absolute Gasteiger partial charge is 0.157 e. The Morgan fingerprint density at radius 2 is 2.19 bits per heavy atom. The molecule has 3 rings (SSSR count). The minimum atomic E-state index is 0.223. The highest BCUT2D eigenvalue weighted by Crippen LogP contribution is 2.30. The molecule has 1 aliphatic heterocycles. The van der Waals surface area contributed by atoms with Crippen molar-refractivity contribution in [1.29, 1.82) is 0 Å². The van der Waals surface area contributed by atoms with E-state index in [1.807, 2.05) is 12.4 Å². The number of rotatable bonds is 3. The van der Waals surface area contributed by atoms with E-state index in [2.05, 4.69) is 9.78 Å². The molecule has 0 N–H and O–H groups in total. The van der Waals surface area contributed by atoms with Crippen LogP contribution in [0.2, 0.25) is 0 Å². The lowest BCUT2D eigenvalue weighted by molar-refractivity contribution is 0.141. The summed E-state index contributed by atoms with van der Waals surface area (Å²) in [5, 5.41) is 4.39. The van der Waals surface area contributed by atoms with E-state index in [1.165, 1.54) is 25.7 Å². The van der Waals surface area contributed by atoms with Crippen LogP contribution >= 0.6 is 0 Å². The van der Waals surface area contributed by atoms with E-state index in [0.29, 0.717) is 12.6 Å². The Kier molecular flexibility index (Phi) is 2.82. The molecule has 1 aromatic heterocycles. The standard InChI is InChI=1S/C12H18N2O2/c1-2-4-10(3-1)14-8-12(7-13-14)16-11-5-6-15-9-11/h7-8,10-11H,1-6,9H2. The Morgan fingerprint density at radius 3 is 2.94 bits per heavy atom. The highest BCUT2D eigenvalue weighted by Gasteiger charge is 2.20. The van der Waals surface area contributed by atoms with Crippen molar-refractivity contribution in [2.24, 2.45) is 0 Å². The summed E-state index contributed by atoms with van der Waals surface area (Å²) in [5.74, 6) is 0.891. The summed E-state index contributed by atoms with van der Waals surface area (Å²) < 4.78 is 13.2. The van der Waals surface area contributed by atoms with Gasteiger partial charge in [0.15, 0.2) is 5.75 Å². The molecule has 0 aromatic carbocycles. The van der Waals surface area contributed by atoms with Crippen molar-refractivity contribution in [3.8, 4) is 5.75 Å². The first-order chi connectivity index (χ1) is 7.92. The molecule has 2 fully saturated rings. The van der Waals surface area contributed by atoms with Crippen molar-refractivity contribution >= 4 is 0 Å². The molecule has 0 spiro atoms. The molecule has 0 bridgehead atoms. The highest BCUT2D eigenvalue weighted by atomic mass is 16.5. The van der Waals surface area contributed by atoms with Gasteiger partial charge >= 0.3 is 0 Å². The molecule has 16 heavy (non-hydrogen) atoms. The van der Waals surface area contributed by atoms with Gasteiger partial charge in [-0.1, -0.05) is 12.8 Å². The molecule has 1 aromatic rings. The Hall–Kier alpha value is -1.03. The average molecular weight is 222 g/mol. The minimum Gasteiger partial charge on any atom is -0.485 e. The largest absolute Gasteiger partial charge is 0.485 e. The van der Waals surface area contributed by atoms with Gasteiger partial charge in [-0.15, -0.1) is 0 Å². The van der Waals surface area contributed by atoms with Crippen LogP contribution in [0.4, 0.5) is 0 Å². The fraction of sp³-hybridized carbons (Fsp3) is 0.750. The van der Waals surface area contributed by atoms with Gasteiger partial charge in [-0.3, -0.25) is 4.68 Å². The molecule has 88 valence electrons. The summed E-state index contributed by atoms with van der Waals surface area (Å²) >= 11 is 0. The predicted octanol–water partition coefficient (Wildman–Crippen LogP) is 2.17. The average Bonchev–Trinajstić information content (AvgIpc) is 2.99. The van der Waals surface area contributed by atoms with Crippen LogP contribution in [-0.2, 0) is 4.74 Å². The number of aromatic nitrogens is 2. The van der Waals surface area contributed by atoms with Crippen molar-refractivity contribution in [3.05, 3.63) is 12.4 Å². The maximum absolute atomic E-state index is 5.81. The molecule has 1 aliphatic carbocycles. The van der Waals surface area contributed by atoms with Gasteiger partial charge in [-0.2, -0.15) is 5.10 Å². The topological polar surface area (TPSA) is 36.3 Å². The summed E-state index contributed by atoms with van der Waals surface area (Å²) in [4.78, 5) is 0. The number of ether oxygens (including phenoxy) is 2. The molecule has 1 unspecified atom stereocenters. The van der Waals surface area contributed by atoms with Crippen LogP contribution in [-0.4, -0.2) is 29.1 Å². The minimum absolute atomic E-state index is 0.223. The molecule has 0 radical (unpaired) electrons. The zero-order valence-corrected chi connectivity index (χ0v) is 9.47. The first-order valence-corrected chi connectivity index (χ1v) is 6.20. The third-order valence-electron chi connectivity index (χ3n) is 3.47. The predicted molar refractivity (Wildman–Crippen MR) is 59.6 cm³/mol. The number of hydrogen-bond acceptors (Lipinski definition) is 3. The molecular weight excluding hydrogens is 204 g/mol. The second-order valence-corrected chi connectivity index (χ2v) is 4.70. The molecule has 2 heterocycles. The van der Waals surface area contributed by atoms with Crippen LogP contribution in [0.15, 0.2) is 12.4 Å². The van der Waals surface area contributed by atoms with Crippen LogP contribution in [0.3, 0.4) is 0 Å². The fourth-order valence-corrected chi connectivity index (χ4v) is 2.55. The van der Waals surface area contributed by atoms with Crippen molar-refractivity contribution in [3.63, 3.8) is 0 Å². The van der Waals surface area contributed by atoms with Gasteiger partial charge in [0.05, 0.1) is 31.6 Å². The zero-order valence-electron chi connectivity index (χ0n) is 9.47. The quantitative estimate of drug-likeness (QED) is 0.786. The number of hydrogen-bond donors (Lipinski definition) is 0. The van der Waals surface area contributed by atoms with E-state index in [-0.39, 0.29) is 6.10 Å². The lowest BCUT2D eigenvalue weighted by Gasteiger charge is -2.10. The first kappa shape index (κ1) is 10.1. The van der Waals surface area contributed by atoms with Gasteiger partial charge in [0.25, 0.3) is 0 Å². The SMILES string of the molecule is c1nn(C2CCCC2)cc1OC1CCOC1. The van der Waals surface area contributed by atoms with Crippen LogP contribution in [0.5, 0.6) is 5.75 Å². The van der Waals surface area contributed by atoms with Crippen LogP contribution in [0, 0.1) is 0 Å². The molecule has 4 heteroatoms. The summed E-state index contributed by atoms with van der Waals surface area (Å²) in [6.07, 6.45) is 10.3. The van der Waals surface area contributed by atoms with Crippen LogP contribution in [0.25, 0.3) is 0 Å². The fourth-order valence-electron chi connectivity index (χ4n) is 2.55. The van der Waals surface area contributed by atoms with E-state index < -0.39 is 0 Å². The lowest BCUT2D eigenvalue weighted by Crippen LogP contribution is -2.15. The Balaban J connectivity index is 1.62. The second kappa shape index (κ2) is 4.45. The van der Waals surface area contributed by atoms with Gasteiger partial charge < -0.3 is 9.47 Å². The molecule has 0 amide bonds. The van der Waals surface area contributed by atoms with E-state index in [9.17, 15) is 0 Å². The molecule has 1 atom stereocenters. The lowest BCUT2D eigenvalue weighted by atomic mass is 10.3. The zero-order chi connectivity index (χ0) is 10.8. The van der Waals surface area contributed by atoms with Crippen molar-refractivity contribution in [1.82, 2.24) is 9.78 Å². The Labute approximate surface area is 95.5 Å². The first-order valence-electron chi connectivity index (χ1n) is 6.20. The van der Waals surface area contributed by atoms with E-state index >= 15 is 0 Å². The van der Waals surface area contributed by atoms with Gasteiger partial charge in [-0.25, -0.2) is 0 Å². The van der Waals surface area contributed by atoms with Gasteiger partial charge in [0.1, 0.15) is 6.10 Å². The van der Waals surface area contributed by atoms with Crippen molar-refractivity contribution < 1.29 is 9.47 Å². The Morgan fingerprint density at radius 1 is 1.31 bits per heavy atom. The Bertz CT molecular complexity index is 339. The van der Waals surface area contributed by atoms with Crippen molar-refractivity contribution in [2.45, 2.75) is 44.2 Å². The third kappa shape index (κ3) is 2.07. The van der Waals surface area contributed by atoms with Gasteiger partial charge in [-0.05, 0) is 12.8 Å². The van der Waals surface area contributed by atoms with E-state index in [0.717, 1.165) is 18.8 Å². The molecule has 2 aliphatic rings. The monoisotopic (exact) mass is 222 g/mol. The van der Waals surface area contributed by atoms with Gasteiger partial charge in [0.2, 0.25) is 0 Å². The molecule has 1 saturated carbocycles. The second-order valence-electron chi connectivity index (χ2n) is 4.70. The van der Waals surface area contributed by atoms with Crippen molar-refractivity contribution in [2.75, 3.05) is 13.2 Å². The summed E-state index contributed by atoms with van der Waals surface area (Å²) in [6.45, 7) is 1.54.